The van der Waals surface area contributed by atoms with Gasteiger partial charge in [-0.2, -0.15) is 0 Å². The molecule has 1 aliphatic heterocycles. The van der Waals surface area contributed by atoms with Crippen LogP contribution in [0.4, 0.5) is 0 Å². The number of aliphatic carboxylic acids is 1. The Morgan fingerprint density at radius 1 is 1.35 bits per heavy atom. The normalized spacial score (nSPS) is 16.4. The van der Waals surface area contributed by atoms with Gasteiger partial charge in [-0.25, -0.2) is 4.98 Å². The molecule has 110 valence electrons. The van der Waals surface area contributed by atoms with Crippen molar-refractivity contribution in [1.29, 1.82) is 0 Å². The predicted molar refractivity (Wildman–Crippen MR) is 74.6 cm³/mol. The van der Waals surface area contributed by atoms with Gasteiger partial charge in [0, 0.05) is 44.6 Å². The minimum atomic E-state index is -0.791. The zero-order chi connectivity index (χ0) is 14.5. The van der Waals surface area contributed by atoms with Gasteiger partial charge in [-0.3, -0.25) is 14.5 Å². The van der Waals surface area contributed by atoms with E-state index in [0.717, 1.165) is 5.01 Å². The lowest BCUT2D eigenvalue weighted by atomic mass is 10.2. The number of carboxylic acids is 1. The van der Waals surface area contributed by atoms with Crippen LogP contribution < -0.4 is 5.73 Å². The molecule has 3 N–H and O–H groups in total. The van der Waals surface area contributed by atoms with E-state index in [4.69, 9.17) is 10.8 Å². The molecule has 0 radical (unpaired) electrons. The number of rotatable bonds is 5. The number of piperazine rings is 1. The van der Waals surface area contributed by atoms with E-state index in [1.807, 2.05) is 0 Å². The summed E-state index contributed by atoms with van der Waals surface area (Å²) in [5.41, 5.74) is 5.94. The zero-order valence-electron chi connectivity index (χ0n) is 11.1. The fraction of sp³-hybridized carbons (Fsp3) is 0.583. The molecule has 1 aromatic rings. The van der Waals surface area contributed by atoms with Crippen molar-refractivity contribution in [1.82, 2.24) is 14.8 Å². The Hall–Kier alpha value is -1.51. The lowest BCUT2D eigenvalue weighted by Crippen LogP contribution is -2.49. The van der Waals surface area contributed by atoms with Crippen molar-refractivity contribution in [3.05, 3.63) is 16.1 Å². The summed E-state index contributed by atoms with van der Waals surface area (Å²) in [4.78, 5) is 30.7. The molecule has 0 unspecified atom stereocenters. The molecule has 1 amide bonds. The second-order valence-electron chi connectivity index (χ2n) is 4.61. The molecule has 8 heteroatoms. The van der Waals surface area contributed by atoms with Crippen LogP contribution in [0, 0.1) is 0 Å². The van der Waals surface area contributed by atoms with Crippen molar-refractivity contribution in [3.63, 3.8) is 0 Å². The second-order valence-corrected chi connectivity index (χ2v) is 5.55. The largest absolute Gasteiger partial charge is 0.481 e. The SMILES string of the molecule is NCc1nc(C(=O)N2CCN(CCC(=O)O)CC2)cs1. The van der Waals surface area contributed by atoms with Gasteiger partial charge in [0.15, 0.2) is 0 Å². The van der Waals surface area contributed by atoms with Gasteiger partial charge in [0.2, 0.25) is 0 Å². The van der Waals surface area contributed by atoms with Gasteiger partial charge in [0.1, 0.15) is 10.7 Å². The van der Waals surface area contributed by atoms with Crippen LogP contribution in [0.25, 0.3) is 0 Å². The zero-order valence-corrected chi connectivity index (χ0v) is 11.9. The van der Waals surface area contributed by atoms with Crippen LogP contribution in [0.3, 0.4) is 0 Å². The third kappa shape index (κ3) is 3.75. The first-order chi connectivity index (χ1) is 9.60. The molecule has 1 saturated heterocycles. The fourth-order valence-electron chi connectivity index (χ4n) is 2.09. The molecule has 1 aliphatic rings. The second kappa shape index (κ2) is 6.78. The van der Waals surface area contributed by atoms with Gasteiger partial charge in [-0.05, 0) is 0 Å². The van der Waals surface area contributed by atoms with Gasteiger partial charge in [-0.1, -0.05) is 0 Å². The molecule has 2 rings (SSSR count). The molecule has 1 fully saturated rings. The first-order valence-corrected chi connectivity index (χ1v) is 7.36. The highest BCUT2D eigenvalue weighted by molar-refractivity contribution is 7.09. The Morgan fingerprint density at radius 2 is 2.05 bits per heavy atom. The third-order valence-electron chi connectivity index (χ3n) is 3.25. The number of hydrogen-bond donors (Lipinski definition) is 2. The topological polar surface area (TPSA) is 99.8 Å². The molecule has 0 saturated carbocycles. The number of carbonyl (C=O) groups excluding carboxylic acids is 1. The van der Waals surface area contributed by atoms with E-state index in [2.05, 4.69) is 9.88 Å². The van der Waals surface area contributed by atoms with Crippen molar-refractivity contribution in [2.24, 2.45) is 5.73 Å². The van der Waals surface area contributed by atoms with E-state index in [1.54, 1.807) is 10.3 Å². The lowest BCUT2D eigenvalue weighted by Gasteiger charge is -2.34. The number of nitrogens with two attached hydrogens (primary N) is 1. The number of hydrogen-bond acceptors (Lipinski definition) is 6. The summed E-state index contributed by atoms with van der Waals surface area (Å²) in [6, 6.07) is 0. The van der Waals surface area contributed by atoms with Crippen molar-refractivity contribution >= 4 is 23.2 Å². The van der Waals surface area contributed by atoms with Crippen LogP contribution >= 0.6 is 11.3 Å². The summed E-state index contributed by atoms with van der Waals surface area (Å²) in [6.45, 7) is 3.49. The maximum atomic E-state index is 12.2. The van der Waals surface area contributed by atoms with Crippen LogP contribution in [0.2, 0.25) is 0 Å². The van der Waals surface area contributed by atoms with E-state index in [0.29, 0.717) is 45.0 Å². The Labute approximate surface area is 121 Å². The van der Waals surface area contributed by atoms with E-state index in [1.165, 1.54) is 11.3 Å². The molecule has 1 aromatic heterocycles. The standard InChI is InChI=1S/C12H18N4O3S/c13-7-10-14-9(8-20-10)12(19)16-5-3-15(4-6-16)2-1-11(17)18/h8H,1-7,13H2,(H,17,18). The summed E-state index contributed by atoms with van der Waals surface area (Å²) in [7, 11) is 0. The molecule has 0 aliphatic carbocycles. The molecule has 0 bridgehead atoms. The van der Waals surface area contributed by atoms with Crippen LogP contribution in [0.5, 0.6) is 0 Å². The highest BCUT2D eigenvalue weighted by atomic mass is 32.1. The third-order valence-corrected chi connectivity index (χ3v) is 4.12. The van der Waals surface area contributed by atoms with Crippen LogP contribution in [0.15, 0.2) is 5.38 Å². The minimum absolute atomic E-state index is 0.0705. The summed E-state index contributed by atoms with van der Waals surface area (Å²) >= 11 is 1.39. The molecule has 20 heavy (non-hydrogen) atoms. The minimum Gasteiger partial charge on any atom is -0.481 e. The number of nitrogens with zero attached hydrogens (tertiary/aromatic N) is 3. The van der Waals surface area contributed by atoms with Crippen molar-refractivity contribution in [2.75, 3.05) is 32.7 Å². The maximum Gasteiger partial charge on any atom is 0.304 e. The van der Waals surface area contributed by atoms with Gasteiger partial charge >= 0.3 is 5.97 Å². The van der Waals surface area contributed by atoms with Crippen LogP contribution in [-0.2, 0) is 11.3 Å². The van der Waals surface area contributed by atoms with Gasteiger partial charge in [0.05, 0.1) is 6.42 Å². The molecule has 2 heterocycles. The lowest BCUT2D eigenvalue weighted by molar-refractivity contribution is -0.137. The van der Waals surface area contributed by atoms with E-state index < -0.39 is 5.97 Å². The van der Waals surface area contributed by atoms with E-state index in [9.17, 15) is 9.59 Å². The number of aromatic nitrogens is 1. The van der Waals surface area contributed by atoms with E-state index in [-0.39, 0.29) is 12.3 Å². The molecule has 0 aromatic carbocycles. The predicted octanol–water partition coefficient (Wildman–Crippen LogP) is -0.166. The molecule has 0 spiro atoms. The summed E-state index contributed by atoms with van der Waals surface area (Å²) in [6.07, 6.45) is 0.139. The summed E-state index contributed by atoms with van der Waals surface area (Å²) in [5.74, 6) is -0.862. The quantitative estimate of drug-likeness (QED) is 0.783. The Morgan fingerprint density at radius 3 is 2.60 bits per heavy atom. The highest BCUT2D eigenvalue weighted by Crippen LogP contribution is 2.13. The average molecular weight is 298 g/mol. The van der Waals surface area contributed by atoms with Crippen molar-refractivity contribution < 1.29 is 14.7 Å². The van der Waals surface area contributed by atoms with Crippen molar-refractivity contribution in [3.8, 4) is 0 Å². The van der Waals surface area contributed by atoms with Gasteiger partial charge in [-0.15, -0.1) is 11.3 Å². The summed E-state index contributed by atoms with van der Waals surface area (Å²) in [5, 5.41) is 11.1. The molecular weight excluding hydrogens is 280 g/mol. The van der Waals surface area contributed by atoms with Crippen LogP contribution in [0.1, 0.15) is 21.9 Å². The Bertz CT molecular complexity index is 483. The van der Waals surface area contributed by atoms with Gasteiger partial charge < -0.3 is 15.7 Å². The van der Waals surface area contributed by atoms with Crippen LogP contribution in [-0.4, -0.2) is 64.5 Å². The highest BCUT2D eigenvalue weighted by Gasteiger charge is 2.23. The first kappa shape index (κ1) is 14.9. The van der Waals surface area contributed by atoms with Gasteiger partial charge in [0.25, 0.3) is 5.91 Å². The molecular formula is C12H18N4O3S. The summed E-state index contributed by atoms with van der Waals surface area (Å²) < 4.78 is 0. The monoisotopic (exact) mass is 298 g/mol. The maximum absolute atomic E-state index is 12.2. The van der Waals surface area contributed by atoms with E-state index >= 15 is 0 Å². The first-order valence-electron chi connectivity index (χ1n) is 6.48. The van der Waals surface area contributed by atoms with Crippen molar-refractivity contribution in [2.45, 2.75) is 13.0 Å². The number of carboxylic acid groups (broad SMARTS) is 1. The number of amides is 1. The average Bonchev–Trinajstić information content (AvgIpc) is 2.94. The Kier molecular flexibility index (Phi) is 5.05. The fourth-order valence-corrected chi connectivity index (χ4v) is 2.74. The number of thiazole rings is 1. The smallest absolute Gasteiger partial charge is 0.304 e. The number of carbonyl (C=O) groups is 2. The Balaban J connectivity index is 1.84. The molecule has 0 atom stereocenters. The molecule has 7 nitrogen and oxygen atoms in total.